The van der Waals surface area contributed by atoms with E-state index in [0.717, 1.165) is 5.56 Å². The number of para-hydroxylation sites is 1. The fraction of sp³-hybridized carbons (Fsp3) is 0.0455. The van der Waals surface area contributed by atoms with Gasteiger partial charge in [0.05, 0.1) is 9.79 Å². The standard InChI is InChI=1S/C22H19N3O6S2/c1-12-4-2-6-16-18(20(22(26)27)25-19(12)16)17-7-3-5-15(21(17)33(24,30)31)13-8-10-14(11-9-13)32(23,28)29/h2-11,25H,1H3,(H,26,27)(H2,23,28,29)(H2,24,30,31). The van der Waals surface area contributed by atoms with E-state index in [0.29, 0.717) is 16.5 Å². The third kappa shape index (κ3) is 4.02. The highest BCUT2D eigenvalue weighted by atomic mass is 32.2. The summed E-state index contributed by atoms with van der Waals surface area (Å²) in [5, 5.41) is 21.1. The van der Waals surface area contributed by atoms with Gasteiger partial charge in [-0.3, -0.25) is 0 Å². The minimum atomic E-state index is -4.35. The van der Waals surface area contributed by atoms with Crippen LogP contribution in [0.15, 0.2) is 70.5 Å². The first-order valence-electron chi connectivity index (χ1n) is 9.53. The molecule has 1 heterocycles. The van der Waals surface area contributed by atoms with Gasteiger partial charge in [-0.05, 0) is 30.2 Å². The number of rotatable bonds is 5. The second kappa shape index (κ2) is 7.81. The van der Waals surface area contributed by atoms with Crippen LogP contribution in [0.5, 0.6) is 0 Å². The third-order valence-corrected chi connectivity index (χ3v) is 7.26. The monoisotopic (exact) mass is 485 g/mol. The molecule has 0 fully saturated rings. The van der Waals surface area contributed by atoms with Crippen LogP contribution >= 0.6 is 0 Å². The molecule has 0 amide bonds. The van der Waals surface area contributed by atoms with Gasteiger partial charge in [0.25, 0.3) is 0 Å². The van der Waals surface area contributed by atoms with E-state index in [1.165, 1.54) is 36.4 Å². The van der Waals surface area contributed by atoms with Crippen molar-refractivity contribution in [3.8, 4) is 22.3 Å². The van der Waals surface area contributed by atoms with Gasteiger partial charge in [-0.2, -0.15) is 0 Å². The molecule has 0 aliphatic rings. The molecule has 1 aromatic heterocycles. The van der Waals surface area contributed by atoms with E-state index in [4.69, 9.17) is 10.3 Å². The zero-order chi connectivity index (χ0) is 24.1. The minimum Gasteiger partial charge on any atom is -0.477 e. The van der Waals surface area contributed by atoms with Crippen molar-refractivity contribution in [2.45, 2.75) is 16.7 Å². The predicted molar refractivity (Wildman–Crippen MR) is 124 cm³/mol. The average molecular weight is 486 g/mol. The summed E-state index contributed by atoms with van der Waals surface area (Å²) >= 11 is 0. The average Bonchev–Trinajstić information content (AvgIpc) is 3.13. The molecule has 170 valence electrons. The molecule has 0 saturated carbocycles. The van der Waals surface area contributed by atoms with Crippen LogP contribution in [0.2, 0.25) is 0 Å². The van der Waals surface area contributed by atoms with E-state index in [1.807, 2.05) is 0 Å². The number of carboxylic acids is 1. The molecular weight excluding hydrogens is 466 g/mol. The highest BCUT2D eigenvalue weighted by Gasteiger charge is 2.27. The first-order chi connectivity index (χ1) is 15.4. The number of benzene rings is 3. The first-order valence-corrected chi connectivity index (χ1v) is 12.6. The van der Waals surface area contributed by atoms with Crippen molar-refractivity contribution in [3.05, 3.63) is 71.9 Å². The van der Waals surface area contributed by atoms with E-state index in [-0.39, 0.29) is 32.2 Å². The van der Waals surface area contributed by atoms with Crippen LogP contribution in [-0.2, 0) is 20.0 Å². The Morgan fingerprint density at radius 3 is 2.03 bits per heavy atom. The number of fused-ring (bicyclic) bond motifs is 1. The van der Waals surface area contributed by atoms with Crippen LogP contribution in [0.25, 0.3) is 33.2 Å². The van der Waals surface area contributed by atoms with Crippen molar-refractivity contribution < 1.29 is 26.7 Å². The number of nitrogens with two attached hydrogens (primary N) is 2. The lowest BCUT2D eigenvalue weighted by Crippen LogP contribution is -2.15. The van der Waals surface area contributed by atoms with Gasteiger partial charge in [-0.1, -0.05) is 48.5 Å². The number of aryl methyl sites for hydroxylation is 1. The van der Waals surface area contributed by atoms with Gasteiger partial charge in [0.1, 0.15) is 5.69 Å². The molecule has 4 aromatic rings. The fourth-order valence-corrected chi connectivity index (χ4v) is 5.38. The third-order valence-electron chi connectivity index (χ3n) is 5.32. The molecule has 33 heavy (non-hydrogen) atoms. The Bertz CT molecular complexity index is 1640. The molecule has 3 aromatic carbocycles. The smallest absolute Gasteiger partial charge is 0.352 e. The number of hydrogen-bond donors (Lipinski definition) is 4. The molecule has 0 spiro atoms. The summed E-state index contributed by atoms with van der Waals surface area (Å²) in [4.78, 5) is 14.5. The summed E-state index contributed by atoms with van der Waals surface area (Å²) in [6.07, 6.45) is 0. The lowest BCUT2D eigenvalue weighted by atomic mass is 9.96. The summed E-state index contributed by atoms with van der Waals surface area (Å²) in [5.74, 6) is -1.26. The molecule has 0 bridgehead atoms. The van der Waals surface area contributed by atoms with Crippen molar-refractivity contribution in [1.82, 2.24) is 4.98 Å². The van der Waals surface area contributed by atoms with Gasteiger partial charge < -0.3 is 10.1 Å². The van der Waals surface area contributed by atoms with Gasteiger partial charge in [0, 0.05) is 27.6 Å². The number of carbonyl (C=O) groups is 1. The largest absolute Gasteiger partial charge is 0.477 e. The first kappa shape index (κ1) is 22.7. The normalized spacial score (nSPS) is 12.2. The van der Waals surface area contributed by atoms with Crippen molar-refractivity contribution in [3.63, 3.8) is 0 Å². The van der Waals surface area contributed by atoms with E-state index in [1.54, 1.807) is 31.2 Å². The number of primary sulfonamides is 2. The zero-order valence-electron chi connectivity index (χ0n) is 17.2. The lowest BCUT2D eigenvalue weighted by Gasteiger charge is -2.14. The Balaban J connectivity index is 2.09. The number of aromatic nitrogens is 1. The molecule has 0 aliphatic carbocycles. The van der Waals surface area contributed by atoms with Gasteiger partial charge in [0.2, 0.25) is 20.0 Å². The Hall–Kier alpha value is -3.51. The summed E-state index contributed by atoms with van der Waals surface area (Å²) in [6.45, 7) is 1.80. The van der Waals surface area contributed by atoms with Crippen LogP contribution < -0.4 is 10.3 Å². The quantitative estimate of drug-likeness (QED) is 0.338. The van der Waals surface area contributed by atoms with E-state index < -0.39 is 26.0 Å². The highest BCUT2D eigenvalue weighted by molar-refractivity contribution is 7.89. The maximum absolute atomic E-state index is 12.8. The molecular formula is C22H19N3O6S2. The number of H-pyrrole nitrogens is 1. The molecule has 11 heteroatoms. The van der Waals surface area contributed by atoms with Crippen molar-refractivity contribution in [1.29, 1.82) is 0 Å². The van der Waals surface area contributed by atoms with Crippen molar-refractivity contribution in [2.75, 3.05) is 0 Å². The number of hydrogen-bond acceptors (Lipinski definition) is 5. The van der Waals surface area contributed by atoms with Crippen LogP contribution in [-0.4, -0.2) is 32.9 Å². The Labute approximate surface area is 189 Å². The molecule has 6 N–H and O–H groups in total. The molecule has 4 rings (SSSR count). The van der Waals surface area contributed by atoms with Crippen LogP contribution in [0.4, 0.5) is 0 Å². The summed E-state index contributed by atoms with van der Waals surface area (Å²) in [7, 11) is -8.29. The zero-order valence-corrected chi connectivity index (χ0v) is 18.9. The van der Waals surface area contributed by atoms with Crippen molar-refractivity contribution >= 4 is 36.9 Å². The molecule has 0 aliphatic heterocycles. The van der Waals surface area contributed by atoms with Gasteiger partial charge >= 0.3 is 5.97 Å². The topological polar surface area (TPSA) is 173 Å². The lowest BCUT2D eigenvalue weighted by molar-refractivity contribution is 0.0692. The number of nitrogens with one attached hydrogen (secondary N) is 1. The Kier molecular flexibility index (Phi) is 5.37. The predicted octanol–water partition coefficient (Wildman–Crippen LogP) is 2.80. The summed E-state index contributed by atoms with van der Waals surface area (Å²) < 4.78 is 48.7. The molecule has 0 unspecified atom stereocenters. The van der Waals surface area contributed by atoms with Crippen LogP contribution in [0, 0.1) is 6.92 Å². The van der Waals surface area contributed by atoms with Gasteiger partial charge in [-0.25, -0.2) is 31.9 Å². The number of aromatic amines is 1. The van der Waals surface area contributed by atoms with Crippen molar-refractivity contribution in [2.24, 2.45) is 10.3 Å². The fourth-order valence-electron chi connectivity index (χ4n) is 3.90. The second-order valence-electron chi connectivity index (χ2n) is 7.47. The number of carboxylic acid groups (broad SMARTS) is 1. The van der Waals surface area contributed by atoms with E-state index in [9.17, 15) is 26.7 Å². The van der Waals surface area contributed by atoms with Gasteiger partial charge in [0.15, 0.2) is 0 Å². The summed E-state index contributed by atoms with van der Waals surface area (Å²) in [5.41, 5.74) is 2.02. The molecule has 9 nitrogen and oxygen atoms in total. The SMILES string of the molecule is Cc1cccc2c(-c3cccc(-c4ccc(S(N)(=O)=O)cc4)c3S(N)(=O)=O)c(C(=O)O)[nH]c12. The Morgan fingerprint density at radius 2 is 1.45 bits per heavy atom. The van der Waals surface area contributed by atoms with Crippen LogP contribution in [0.1, 0.15) is 16.1 Å². The maximum Gasteiger partial charge on any atom is 0.352 e. The van der Waals surface area contributed by atoms with Gasteiger partial charge in [-0.15, -0.1) is 0 Å². The van der Waals surface area contributed by atoms with E-state index in [2.05, 4.69) is 4.98 Å². The molecule has 0 saturated heterocycles. The molecule has 0 atom stereocenters. The minimum absolute atomic E-state index is 0.111. The number of aromatic carboxylic acids is 1. The number of sulfonamides is 2. The Morgan fingerprint density at radius 1 is 0.848 bits per heavy atom. The maximum atomic E-state index is 12.8. The molecule has 0 radical (unpaired) electrons. The highest BCUT2D eigenvalue weighted by Crippen LogP contribution is 2.41. The summed E-state index contributed by atoms with van der Waals surface area (Å²) in [6, 6.07) is 15.1. The second-order valence-corrected chi connectivity index (χ2v) is 10.5. The van der Waals surface area contributed by atoms with Crippen LogP contribution in [0.3, 0.4) is 0 Å². The van der Waals surface area contributed by atoms with E-state index >= 15 is 0 Å².